The molecule has 3 rings (SSSR count). The van der Waals surface area contributed by atoms with Crippen LogP contribution in [0.3, 0.4) is 0 Å². The van der Waals surface area contributed by atoms with Crippen LogP contribution in [0.4, 0.5) is 0 Å². The van der Waals surface area contributed by atoms with Gasteiger partial charge < -0.3 is 4.90 Å². The molecule has 2 atom stereocenters. The Kier molecular flexibility index (Phi) is 1.96. The summed E-state index contributed by atoms with van der Waals surface area (Å²) >= 11 is 0. The highest BCUT2D eigenvalue weighted by molar-refractivity contribution is 5.64. The molecule has 0 radical (unpaired) electrons. The summed E-state index contributed by atoms with van der Waals surface area (Å²) in [5.74, 6) is 0. The Balaban J connectivity index is 2.04. The van der Waals surface area contributed by atoms with E-state index >= 15 is 0 Å². The van der Waals surface area contributed by atoms with Gasteiger partial charge in [0.1, 0.15) is 5.54 Å². The van der Waals surface area contributed by atoms with Crippen molar-refractivity contribution in [2.45, 2.75) is 18.5 Å². The van der Waals surface area contributed by atoms with Gasteiger partial charge >= 0.3 is 0 Å². The van der Waals surface area contributed by atoms with Gasteiger partial charge in [0.25, 0.3) is 0 Å². The van der Waals surface area contributed by atoms with E-state index in [0.717, 1.165) is 0 Å². The smallest absolute Gasteiger partial charge is 0.109 e. The average molecular weight is 210 g/mol. The van der Waals surface area contributed by atoms with Crippen LogP contribution in [-0.4, -0.2) is 17.3 Å². The number of allylic oxidation sites excluding steroid dienone is 2. The molecular weight excluding hydrogens is 196 g/mol. The van der Waals surface area contributed by atoms with E-state index in [1.165, 1.54) is 5.56 Å². The lowest BCUT2D eigenvalue weighted by Crippen LogP contribution is -2.38. The van der Waals surface area contributed by atoms with E-state index in [-0.39, 0.29) is 5.54 Å². The van der Waals surface area contributed by atoms with E-state index in [9.17, 15) is 0 Å². The summed E-state index contributed by atoms with van der Waals surface area (Å²) in [5.41, 5.74) is 1.10. The first-order chi connectivity index (χ1) is 7.81. The largest absolute Gasteiger partial charge is 0.330 e. The number of benzene rings is 1. The van der Waals surface area contributed by atoms with Gasteiger partial charge in [-0.1, -0.05) is 42.5 Å². The van der Waals surface area contributed by atoms with Crippen LogP contribution in [0, 0.1) is 0 Å². The number of fused-ring (bicyclic) bond motifs is 1. The second kappa shape index (κ2) is 3.34. The molecule has 2 aliphatic rings. The van der Waals surface area contributed by atoms with E-state index in [4.69, 9.17) is 0 Å². The Morgan fingerprint density at radius 3 is 2.81 bits per heavy atom. The first-order valence-corrected chi connectivity index (χ1v) is 5.54. The quantitative estimate of drug-likeness (QED) is 0.696. The Bertz CT molecular complexity index is 473. The Morgan fingerprint density at radius 1 is 1.19 bits per heavy atom. The molecule has 0 aliphatic carbocycles. The lowest BCUT2D eigenvalue weighted by atomic mass is 9.85. The number of rotatable bonds is 1. The highest BCUT2D eigenvalue weighted by atomic mass is 15.3. The number of hydrogen-bond donors (Lipinski definition) is 0. The van der Waals surface area contributed by atoms with Crippen LogP contribution < -0.4 is 0 Å². The second-order valence-corrected chi connectivity index (χ2v) is 4.38. The number of hydrogen-bond acceptors (Lipinski definition) is 2. The van der Waals surface area contributed by atoms with Crippen molar-refractivity contribution in [3.63, 3.8) is 0 Å². The third kappa shape index (κ3) is 1.23. The van der Waals surface area contributed by atoms with Crippen LogP contribution in [0.5, 0.6) is 0 Å². The molecule has 0 aromatic heterocycles. The molecule has 2 aliphatic heterocycles. The molecule has 0 bridgehead atoms. The maximum atomic E-state index is 4.68. The summed E-state index contributed by atoms with van der Waals surface area (Å²) in [5, 5.41) is 0. The molecule has 2 unspecified atom stereocenters. The minimum absolute atomic E-state index is 0.164. The van der Waals surface area contributed by atoms with Crippen LogP contribution in [0.15, 0.2) is 59.8 Å². The van der Waals surface area contributed by atoms with Gasteiger partial charge in [-0.2, -0.15) is 0 Å². The highest BCUT2D eigenvalue weighted by Crippen LogP contribution is 2.37. The van der Waals surface area contributed by atoms with Gasteiger partial charge in [0, 0.05) is 6.20 Å². The molecule has 16 heavy (non-hydrogen) atoms. The van der Waals surface area contributed by atoms with E-state index in [1.807, 2.05) is 18.5 Å². The van der Waals surface area contributed by atoms with Crippen LogP contribution in [0.1, 0.15) is 12.5 Å². The van der Waals surface area contributed by atoms with Crippen LogP contribution >= 0.6 is 0 Å². The van der Waals surface area contributed by atoms with Crippen molar-refractivity contribution >= 4 is 6.34 Å². The minimum atomic E-state index is -0.164. The van der Waals surface area contributed by atoms with Crippen molar-refractivity contribution < 1.29 is 0 Å². The van der Waals surface area contributed by atoms with Crippen LogP contribution in [0.2, 0.25) is 0 Å². The molecule has 0 amide bonds. The molecule has 80 valence electrons. The van der Waals surface area contributed by atoms with Crippen LogP contribution in [-0.2, 0) is 5.54 Å². The molecule has 2 heteroatoms. The Hall–Kier alpha value is -1.83. The molecule has 1 aromatic carbocycles. The summed E-state index contributed by atoms with van der Waals surface area (Å²) in [6, 6.07) is 10.8. The monoisotopic (exact) mass is 210 g/mol. The van der Waals surface area contributed by atoms with Crippen molar-refractivity contribution in [2.24, 2.45) is 4.99 Å². The summed E-state index contributed by atoms with van der Waals surface area (Å²) in [7, 11) is 0. The van der Waals surface area contributed by atoms with Crippen molar-refractivity contribution in [3.05, 3.63) is 60.3 Å². The first kappa shape index (κ1) is 9.40. The van der Waals surface area contributed by atoms with E-state index in [1.54, 1.807) is 0 Å². The fraction of sp³-hybridized carbons (Fsp3) is 0.214. The van der Waals surface area contributed by atoms with Crippen molar-refractivity contribution in [2.75, 3.05) is 0 Å². The van der Waals surface area contributed by atoms with Gasteiger partial charge in [0.05, 0.1) is 12.4 Å². The molecule has 2 heterocycles. The van der Waals surface area contributed by atoms with Crippen molar-refractivity contribution in [3.8, 4) is 0 Å². The number of aliphatic imine (C=N–C) groups is 1. The van der Waals surface area contributed by atoms with Crippen molar-refractivity contribution in [1.29, 1.82) is 0 Å². The first-order valence-electron chi connectivity index (χ1n) is 5.54. The maximum Gasteiger partial charge on any atom is 0.109 e. The number of nitrogens with zero attached hydrogens (tertiary/aromatic N) is 2. The lowest BCUT2D eigenvalue weighted by molar-refractivity contribution is 0.350. The van der Waals surface area contributed by atoms with E-state index in [0.29, 0.717) is 6.04 Å². The fourth-order valence-corrected chi connectivity index (χ4v) is 2.38. The summed E-state index contributed by atoms with van der Waals surface area (Å²) in [6.07, 6.45) is 10.3. The fourth-order valence-electron chi connectivity index (χ4n) is 2.38. The average Bonchev–Trinajstić information content (AvgIpc) is 2.71. The third-order valence-electron chi connectivity index (χ3n) is 3.38. The van der Waals surface area contributed by atoms with Gasteiger partial charge in [0.15, 0.2) is 0 Å². The molecule has 0 saturated carbocycles. The SMILES string of the molecule is CC1(c2ccccc2)N=CN2C=CC=CC21. The predicted molar refractivity (Wildman–Crippen MR) is 66.2 cm³/mol. The van der Waals surface area contributed by atoms with E-state index in [2.05, 4.69) is 59.4 Å². The maximum absolute atomic E-state index is 4.68. The van der Waals surface area contributed by atoms with Gasteiger partial charge in [0.2, 0.25) is 0 Å². The molecule has 0 fully saturated rings. The topological polar surface area (TPSA) is 15.6 Å². The minimum Gasteiger partial charge on any atom is -0.330 e. The zero-order valence-corrected chi connectivity index (χ0v) is 9.25. The molecule has 1 aromatic rings. The Labute approximate surface area is 95.6 Å². The summed E-state index contributed by atoms with van der Waals surface area (Å²) < 4.78 is 0. The van der Waals surface area contributed by atoms with Gasteiger partial charge in [-0.25, -0.2) is 0 Å². The van der Waals surface area contributed by atoms with Gasteiger partial charge in [-0.15, -0.1) is 0 Å². The molecule has 2 nitrogen and oxygen atoms in total. The zero-order valence-electron chi connectivity index (χ0n) is 9.25. The summed E-state index contributed by atoms with van der Waals surface area (Å²) in [4.78, 5) is 6.84. The highest BCUT2D eigenvalue weighted by Gasteiger charge is 2.40. The normalized spacial score (nSPS) is 30.8. The molecule has 0 saturated heterocycles. The third-order valence-corrected chi connectivity index (χ3v) is 3.38. The van der Waals surface area contributed by atoms with Crippen LogP contribution in [0.25, 0.3) is 0 Å². The van der Waals surface area contributed by atoms with Gasteiger partial charge in [-0.3, -0.25) is 4.99 Å². The molecule has 0 spiro atoms. The van der Waals surface area contributed by atoms with Gasteiger partial charge in [-0.05, 0) is 18.6 Å². The van der Waals surface area contributed by atoms with E-state index < -0.39 is 0 Å². The zero-order chi connectivity index (χ0) is 11.0. The lowest BCUT2D eigenvalue weighted by Gasteiger charge is -2.32. The summed E-state index contributed by atoms with van der Waals surface area (Å²) in [6.45, 7) is 2.19. The standard InChI is InChI=1S/C14H14N2/c1-14(12-7-3-2-4-8-12)13-9-5-6-10-16(13)11-15-14/h2-11,13H,1H3. The molecule has 0 N–H and O–H groups in total. The molecular formula is C14H14N2. The van der Waals surface area contributed by atoms with Crippen molar-refractivity contribution in [1.82, 2.24) is 4.90 Å². The predicted octanol–water partition coefficient (Wildman–Crippen LogP) is 2.70. The second-order valence-electron chi connectivity index (χ2n) is 4.38. The Morgan fingerprint density at radius 2 is 2.00 bits per heavy atom.